The molecule has 0 spiro atoms. The van der Waals surface area contributed by atoms with Gasteiger partial charge in [-0.05, 0) is 26.3 Å². The third kappa shape index (κ3) is 3.28. The normalized spacial score (nSPS) is 10.4. The summed E-state index contributed by atoms with van der Waals surface area (Å²) in [5.74, 6) is -0.523. The van der Waals surface area contributed by atoms with E-state index in [4.69, 9.17) is 0 Å². The number of para-hydroxylation sites is 1. The molecule has 0 aliphatic heterocycles. The first-order valence-corrected chi connectivity index (χ1v) is 7.03. The van der Waals surface area contributed by atoms with Crippen molar-refractivity contribution < 1.29 is 14.5 Å². The van der Waals surface area contributed by atoms with E-state index >= 15 is 0 Å². The van der Waals surface area contributed by atoms with Crippen LogP contribution in [0.5, 0.6) is 0 Å². The number of rotatable bonds is 5. The molecule has 0 saturated heterocycles. The van der Waals surface area contributed by atoms with Crippen molar-refractivity contribution >= 4 is 17.4 Å². The molecule has 1 aromatic carbocycles. The zero-order chi connectivity index (χ0) is 17.1. The van der Waals surface area contributed by atoms with Crippen molar-refractivity contribution in [2.45, 2.75) is 27.3 Å². The number of carbonyl (C=O) groups is 2. The van der Waals surface area contributed by atoms with E-state index in [1.165, 1.54) is 13.0 Å². The fraction of sp³-hybridized carbons (Fsp3) is 0.250. The van der Waals surface area contributed by atoms with Gasteiger partial charge in [-0.15, -0.1) is 0 Å². The maximum absolute atomic E-state index is 12.3. The van der Waals surface area contributed by atoms with E-state index in [0.717, 1.165) is 0 Å². The van der Waals surface area contributed by atoms with Gasteiger partial charge in [-0.25, -0.2) is 0 Å². The van der Waals surface area contributed by atoms with Gasteiger partial charge in [-0.3, -0.25) is 19.7 Å². The number of nitrogens with one attached hydrogen (secondary N) is 2. The first-order chi connectivity index (χ1) is 10.8. The number of nitrogens with zero attached hydrogens (tertiary/aromatic N) is 1. The monoisotopic (exact) mass is 315 g/mol. The fourth-order valence-electron chi connectivity index (χ4n) is 2.61. The quantitative estimate of drug-likeness (QED) is 0.502. The van der Waals surface area contributed by atoms with E-state index in [-0.39, 0.29) is 18.0 Å². The van der Waals surface area contributed by atoms with Gasteiger partial charge in [0.25, 0.3) is 11.6 Å². The summed E-state index contributed by atoms with van der Waals surface area (Å²) in [5, 5.41) is 13.6. The highest BCUT2D eigenvalue weighted by atomic mass is 16.6. The van der Waals surface area contributed by atoms with Crippen LogP contribution in [0.1, 0.15) is 44.6 Å². The number of Topliss-reactive ketones (excluding diaryl/α,β-unsaturated/α-hetero) is 1. The first-order valence-electron chi connectivity index (χ1n) is 7.03. The van der Waals surface area contributed by atoms with Crippen molar-refractivity contribution in [1.29, 1.82) is 0 Å². The van der Waals surface area contributed by atoms with Gasteiger partial charge >= 0.3 is 0 Å². The van der Waals surface area contributed by atoms with Gasteiger partial charge in [0, 0.05) is 29.4 Å². The number of aromatic nitrogens is 1. The van der Waals surface area contributed by atoms with E-state index in [1.807, 2.05) is 0 Å². The number of amides is 1. The molecule has 2 aromatic rings. The Kier molecular flexibility index (Phi) is 4.59. The lowest BCUT2D eigenvalue weighted by molar-refractivity contribution is -0.385. The molecule has 0 unspecified atom stereocenters. The first kappa shape index (κ1) is 16.4. The van der Waals surface area contributed by atoms with Crippen LogP contribution in [0.3, 0.4) is 0 Å². The molecule has 0 fully saturated rings. The predicted molar refractivity (Wildman–Crippen MR) is 84.5 cm³/mol. The van der Waals surface area contributed by atoms with Gasteiger partial charge in [0.15, 0.2) is 5.78 Å². The molecule has 0 radical (unpaired) electrons. The van der Waals surface area contributed by atoms with Crippen LogP contribution in [0.25, 0.3) is 0 Å². The van der Waals surface area contributed by atoms with Crippen molar-refractivity contribution in [2.24, 2.45) is 0 Å². The van der Waals surface area contributed by atoms with Crippen LogP contribution in [0, 0.1) is 24.0 Å². The number of aryl methyl sites for hydroxylation is 1. The van der Waals surface area contributed by atoms with Crippen molar-refractivity contribution in [3.05, 3.63) is 62.5 Å². The summed E-state index contributed by atoms with van der Waals surface area (Å²) >= 11 is 0. The number of nitro benzene ring substituents is 1. The summed E-state index contributed by atoms with van der Waals surface area (Å²) in [4.78, 5) is 37.3. The van der Waals surface area contributed by atoms with Crippen molar-refractivity contribution in [2.75, 3.05) is 0 Å². The molecule has 7 nitrogen and oxygen atoms in total. The standard InChI is InChI=1S/C16H17N3O4/c1-9-14(11(3)20)10(2)18-15(9)16(21)17-8-12-6-4-5-7-13(12)19(22)23/h4-7,18H,8H2,1-3H3,(H,17,21). The van der Waals surface area contributed by atoms with Crippen molar-refractivity contribution in [3.8, 4) is 0 Å². The minimum Gasteiger partial charge on any atom is -0.354 e. The summed E-state index contributed by atoms with van der Waals surface area (Å²) in [6.07, 6.45) is 0. The lowest BCUT2D eigenvalue weighted by atomic mass is 10.1. The number of carbonyl (C=O) groups excluding carboxylic acids is 2. The SMILES string of the molecule is CC(=O)c1c(C)[nH]c(C(=O)NCc2ccccc2[N+](=O)[O-])c1C. The highest BCUT2D eigenvalue weighted by Crippen LogP contribution is 2.20. The predicted octanol–water partition coefficient (Wildman–Crippen LogP) is 2.67. The van der Waals surface area contributed by atoms with E-state index < -0.39 is 10.8 Å². The molecule has 0 saturated carbocycles. The van der Waals surface area contributed by atoms with Gasteiger partial charge in [0.05, 0.1) is 4.92 Å². The Bertz CT molecular complexity index is 793. The van der Waals surface area contributed by atoms with Crippen LogP contribution in [0.2, 0.25) is 0 Å². The Labute approximate surface area is 132 Å². The topological polar surface area (TPSA) is 105 Å². The van der Waals surface area contributed by atoms with Crippen molar-refractivity contribution in [3.63, 3.8) is 0 Å². The Hall–Kier alpha value is -2.96. The minimum atomic E-state index is -0.487. The maximum Gasteiger partial charge on any atom is 0.274 e. The second-order valence-corrected chi connectivity index (χ2v) is 5.25. The highest BCUT2D eigenvalue weighted by Gasteiger charge is 2.20. The van der Waals surface area contributed by atoms with E-state index in [2.05, 4.69) is 10.3 Å². The average molecular weight is 315 g/mol. The summed E-state index contributed by atoms with van der Waals surface area (Å²) in [6.45, 7) is 4.89. The lowest BCUT2D eigenvalue weighted by Gasteiger charge is -2.06. The molecule has 0 aliphatic carbocycles. The third-order valence-electron chi connectivity index (χ3n) is 3.64. The smallest absolute Gasteiger partial charge is 0.274 e. The van der Waals surface area contributed by atoms with E-state index in [0.29, 0.717) is 28.1 Å². The molecule has 120 valence electrons. The van der Waals surface area contributed by atoms with Gasteiger partial charge in [0.1, 0.15) is 5.69 Å². The van der Waals surface area contributed by atoms with Gasteiger partial charge < -0.3 is 10.3 Å². The van der Waals surface area contributed by atoms with E-state index in [9.17, 15) is 19.7 Å². The molecule has 7 heteroatoms. The molecule has 2 rings (SSSR count). The Morgan fingerprint density at radius 2 is 1.91 bits per heavy atom. The molecule has 1 heterocycles. The van der Waals surface area contributed by atoms with Crippen LogP contribution in [0.15, 0.2) is 24.3 Å². The van der Waals surface area contributed by atoms with Crippen LogP contribution in [-0.4, -0.2) is 21.6 Å². The summed E-state index contributed by atoms with van der Waals surface area (Å²) < 4.78 is 0. The number of hydrogen-bond acceptors (Lipinski definition) is 4. The van der Waals surface area contributed by atoms with Gasteiger partial charge in [-0.2, -0.15) is 0 Å². The Morgan fingerprint density at radius 3 is 2.48 bits per heavy atom. The molecule has 23 heavy (non-hydrogen) atoms. The molecule has 1 amide bonds. The second kappa shape index (κ2) is 6.43. The van der Waals surface area contributed by atoms with Gasteiger partial charge in [0.2, 0.25) is 0 Å². The Morgan fingerprint density at radius 1 is 1.26 bits per heavy atom. The van der Waals surface area contributed by atoms with Crippen LogP contribution in [0.4, 0.5) is 5.69 Å². The van der Waals surface area contributed by atoms with E-state index in [1.54, 1.807) is 32.0 Å². The fourth-order valence-corrected chi connectivity index (χ4v) is 2.61. The number of aromatic amines is 1. The second-order valence-electron chi connectivity index (χ2n) is 5.25. The highest BCUT2D eigenvalue weighted by molar-refractivity contribution is 6.02. The largest absolute Gasteiger partial charge is 0.354 e. The minimum absolute atomic E-state index is 0.0307. The number of hydrogen-bond donors (Lipinski definition) is 2. The molecule has 0 atom stereocenters. The average Bonchev–Trinajstić information content (AvgIpc) is 2.80. The number of H-pyrrole nitrogens is 1. The molecule has 1 aromatic heterocycles. The molecular weight excluding hydrogens is 298 g/mol. The summed E-state index contributed by atoms with van der Waals surface area (Å²) in [6, 6.07) is 6.22. The molecular formula is C16H17N3O4. The van der Waals surface area contributed by atoms with Crippen LogP contribution >= 0.6 is 0 Å². The zero-order valence-corrected chi connectivity index (χ0v) is 13.1. The van der Waals surface area contributed by atoms with Crippen LogP contribution < -0.4 is 5.32 Å². The summed E-state index contributed by atoms with van der Waals surface area (Å²) in [7, 11) is 0. The van der Waals surface area contributed by atoms with Gasteiger partial charge in [-0.1, -0.05) is 18.2 Å². The number of ketones is 1. The van der Waals surface area contributed by atoms with Crippen molar-refractivity contribution in [1.82, 2.24) is 10.3 Å². The summed E-state index contributed by atoms with van der Waals surface area (Å²) in [5.41, 5.74) is 2.38. The number of nitro groups is 1. The molecule has 0 aliphatic rings. The maximum atomic E-state index is 12.3. The Balaban J connectivity index is 2.20. The number of benzene rings is 1. The lowest BCUT2D eigenvalue weighted by Crippen LogP contribution is -2.24. The zero-order valence-electron chi connectivity index (χ0n) is 13.1. The molecule has 0 bridgehead atoms. The third-order valence-corrected chi connectivity index (χ3v) is 3.64. The van der Waals surface area contributed by atoms with Crippen LogP contribution in [-0.2, 0) is 6.54 Å². The molecule has 2 N–H and O–H groups in total.